The predicted octanol–water partition coefficient (Wildman–Crippen LogP) is 2.39. The van der Waals surface area contributed by atoms with E-state index in [2.05, 4.69) is 10.3 Å². The number of nitrogens with two attached hydrogens (primary N) is 1. The molecule has 108 valence electrons. The summed E-state index contributed by atoms with van der Waals surface area (Å²) in [6, 6.07) is 5.61. The summed E-state index contributed by atoms with van der Waals surface area (Å²) in [5.41, 5.74) is 6.46. The lowest BCUT2D eigenvalue weighted by Gasteiger charge is -2.32. The molecule has 2 aliphatic rings. The molecule has 1 saturated carbocycles. The first-order valence-electron chi connectivity index (χ1n) is 7.05. The molecule has 1 aliphatic heterocycles. The highest BCUT2D eigenvalue weighted by Crippen LogP contribution is 2.33. The van der Waals surface area contributed by atoms with Gasteiger partial charge in [-0.05, 0) is 44.4 Å². The van der Waals surface area contributed by atoms with E-state index in [1.54, 1.807) is 6.07 Å². The molecule has 0 radical (unpaired) electrons. The van der Waals surface area contributed by atoms with E-state index in [1.807, 2.05) is 13.0 Å². The highest BCUT2D eigenvalue weighted by Gasteiger charge is 2.33. The molecule has 5 heteroatoms. The predicted molar refractivity (Wildman–Crippen MR) is 77.5 cm³/mol. The number of benzene rings is 1. The second kappa shape index (κ2) is 5.05. The Morgan fingerprint density at radius 2 is 2.25 bits per heavy atom. The first kappa shape index (κ1) is 13.4. The number of halogens is 1. The summed E-state index contributed by atoms with van der Waals surface area (Å²) in [5.74, 6) is 0.143. The zero-order valence-electron chi connectivity index (χ0n) is 11.7. The molecule has 3 N–H and O–H groups in total. The SMILES string of the molecule is CC1(c2cc(NC3CCC3)ccc2F)COCC(N)=N1. The monoisotopic (exact) mass is 277 g/mol. The third-order valence-corrected chi connectivity index (χ3v) is 4.05. The van der Waals surface area contributed by atoms with Crippen LogP contribution in [0.25, 0.3) is 0 Å². The van der Waals surface area contributed by atoms with E-state index < -0.39 is 5.54 Å². The van der Waals surface area contributed by atoms with E-state index in [1.165, 1.54) is 25.3 Å². The molecule has 0 spiro atoms. The van der Waals surface area contributed by atoms with E-state index in [0.29, 0.717) is 30.7 Å². The zero-order chi connectivity index (χ0) is 14.2. The van der Waals surface area contributed by atoms with Crippen LogP contribution in [-0.4, -0.2) is 25.1 Å². The maximum Gasteiger partial charge on any atom is 0.129 e. The van der Waals surface area contributed by atoms with Crippen molar-refractivity contribution in [1.82, 2.24) is 0 Å². The standard InChI is InChI=1S/C15H20FN3O/c1-15(9-20-8-14(17)19-15)12-7-11(5-6-13(12)16)18-10-3-2-4-10/h5-7,10,18H,2-4,8-9H2,1H3,(H2,17,19). The largest absolute Gasteiger partial charge is 0.386 e. The molecule has 1 aromatic carbocycles. The molecule has 20 heavy (non-hydrogen) atoms. The van der Waals surface area contributed by atoms with Crippen molar-refractivity contribution in [3.63, 3.8) is 0 Å². The molecule has 0 saturated heterocycles. The number of anilines is 1. The van der Waals surface area contributed by atoms with Gasteiger partial charge in [-0.2, -0.15) is 0 Å². The Morgan fingerprint density at radius 3 is 2.90 bits per heavy atom. The first-order chi connectivity index (χ1) is 9.57. The number of hydrogen-bond acceptors (Lipinski definition) is 4. The molecule has 0 aromatic heterocycles. The highest BCUT2D eigenvalue weighted by atomic mass is 19.1. The molecular weight excluding hydrogens is 257 g/mol. The minimum absolute atomic E-state index is 0.270. The molecule has 1 atom stereocenters. The Labute approximate surface area is 118 Å². The van der Waals surface area contributed by atoms with Crippen LogP contribution in [0.5, 0.6) is 0 Å². The van der Waals surface area contributed by atoms with Gasteiger partial charge in [-0.3, -0.25) is 4.99 Å². The number of aliphatic imine (C=N–C) groups is 1. The molecule has 1 heterocycles. The lowest BCUT2D eigenvalue weighted by Crippen LogP contribution is -2.38. The van der Waals surface area contributed by atoms with Crippen LogP contribution >= 0.6 is 0 Å². The van der Waals surface area contributed by atoms with Crippen molar-refractivity contribution in [3.05, 3.63) is 29.6 Å². The van der Waals surface area contributed by atoms with Gasteiger partial charge in [0.25, 0.3) is 0 Å². The van der Waals surface area contributed by atoms with Crippen LogP contribution in [0.4, 0.5) is 10.1 Å². The Bertz CT molecular complexity index is 542. The molecule has 1 aromatic rings. The van der Waals surface area contributed by atoms with Gasteiger partial charge < -0.3 is 15.8 Å². The Hall–Kier alpha value is -1.62. The fourth-order valence-corrected chi connectivity index (χ4v) is 2.69. The summed E-state index contributed by atoms with van der Waals surface area (Å²) >= 11 is 0. The zero-order valence-corrected chi connectivity index (χ0v) is 11.7. The Kier molecular flexibility index (Phi) is 3.38. The minimum Gasteiger partial charge on any atom is -0.386 e. The minimum atomic E-state index is -0.746. The van der Waals surface area contributed by atoms with Gasteiger partial charge in [0.15, 0.2) is 0 Å². The van der Waals surface area contributed by atoms with Crippen LogP contribution in [0, 0.1) is 5.82 Å². The lowest BCUT2D eigenvalue weighted by molar-refractivity contribution is 0.104. The summed E-state index contributed by atoms with van der Waals surface area (Å²) in [5, 5.41) is 3.43. The summed E-state index contributed by atoms with van der Waals surface area (Å²) in [4.78, 5) is 4.40. The van der Waals surface area contributed by atoms with Gasteiger partial charge in [-0.25, -0.2) is 4.39 Å². The topological polar surface area (TPSA) is 59.6 Å². The normalized spacial score (nSPS) is 26.8. The molecule has 0 amide bonds. The van der Waals surface area contributed by atoms with Crippen LogP contribution < -0.4 is 11.1 Å². The van der Waals surface area contributed by atoms with Crippen LogP contribution in [0.1, 0.15) is 31.7 Å². The average molecular weight is 277 g/mol. The van der Waals surface area contributed by atoms with E-state index in [9.17, 15) is 4.39 Å². The van der Waals surface area contributed by atoms with E-state index in [4.69, 9.17) is 10.5 Å². The third-order valence-electron chi connectivity index (χ3n) is 4.05. The molecule has 3 rings (SSSR count). The van der Waals surface area contributed by atoms with Gasteiger partial charge in [0.05, 0.1) is 6.61 Å². The van der Waals surface area contributed by atoms with Crippen molar-refractivity contribution in [1.29, 1.82) is 0 Å². The van der Waals surface area contributed by atoms with Crippen LogP contribution in [0.2, 0.25) is 0 Å². The number of nitrogens with zero attached hydrogens (tertiary/aromatic N) is 1. The van der Waals surface area contributed by atoms with Crippen molar-refractivity contribution in [2.24, 2.45) is 10.7 Å². The summed E-state index contributed by atoms with van der Waals surface area (Å²) in [6.45, 7) is 2.51. The molecular formula is C15H20FN3O. The Balaban J connectivity index is 1.91. The van der Waals surface area contributed by atoms with Crippen molar-refractivity contribution in [3.8, 4) is 0 Å². The van der Waals surface area contributed by atoms with Crippen molar-refractivity contribution < 1.29 is 9.13 Å². The smallest absolute Gasteiger partial charge is 0.129 e. The van der Waals surface area contributed by atoms with E-state index in [-0.39, 0.29) is 5.82 Å². The maximum atomic E-state index is 14.2. The maximum absolute atomic E-state index is 14.2. The fourth-order valence-electron chi connectivity index (χ4n) is 2.69. The van der Waals surface area contributed by atoms with Crippen molar-refractivity contribution in [2.45, 2.75) is 37.8 Å². The summed E-state index contributed by atoms with van der Waals surface area (Å²) in [6.07, 6.45) is 3.62. The molecule has 1 aliphatic carbocycles. The number of rotatable bonds is 3. The second-order valence-corrected chi connectivity index (χ2v) is 5.84. The molecule has 1 fully saturated rings. The van der Waals surface area contributed by atoms with Crippen LogP contribution in [-0.2, 0) is 10.3 Å². The lowest BCUT2D eigenvalue weighted by atomic mass is 9.90. The van der Waals surface area contributed by atoms with Gasteiger partial charge in [0.1, 0.15) is 23.8 Å². The van der Waals surface area contributed by atoms with Crippen LogP contribution in [0.15, 0.2) is 23.2 Å². The number of nitrogens with one attached hydrogen (secondary N) is 1. The van der Waals surface area contributed by atoms with Crippen molar-refractivity contribution >= 4 is 11.5 Å². The number of ether oxygens (including phenoxy) is 1. The van der Waals surface area contributed by atoms with E-state index >= 15 is 0 Å². The quantitative estimate of drug-likeness (QED) is 0.892. The van der Waals surface area contributed by atoms with E-state index in [0.717, 1.165) is 5.69 Å². The Morgan fingerprint density at radius 1 is 1.45 bits per heavy atom. The third kappa shape index (κ3) is 2.50. The molecule has 4 nitrogen and oxygen atoms in total. The van der Waals surface area contributed by atoms with Gasteiger partial charge in [0, 0.05) is 17.3 Å². The van der Waals surface area contributed by atoms with Gasteiger partial charge in [-0.15, -0.1) is 0 Å². The fraction of sp³-hybridized carbons (Fsp3) is 0.533. The number of amidine groups is 1. The second-order valence-electron chi connectivity index (χ2n) is 5.84. The first-order valence-corrected chi connectivity index (χ1v) is 7.05. The molecule has 0 bridgehead atoms. The average Bonchev–Trinajstić information content (AvgIpc) is 2.35. The molecule has 1 unspecified atom stereocenters. The summed E-state index contributed by atoms with van der Waals surface area (Å²) in [7, 11) is 0. The van der Waals surface area contributed by atoms with Gasteiger partial charge in [0.2, 0.25) is 0 Å². The van der Waals surface area contributed by atoms with Gasteiger partial charge >= 0.3 is 0 Å². The van der Waals surface area contributed by atoms with Gasteiger partial charge in [-0.1, -0.05) is 0 Å². The summed E-state index contributed by atoms with van der Waals surface area (Å²) < 4.78 is 19.6. The number of hydrogen-bond donors (Lipinski definition) is 2. The highest BCUT2D eigenvalue weighted by molar-refractivity contribution is 5.82. The van der Waals surface area contributed by atoms with Crippen LogP contribution in [0.3, 0.4) is 0 Å². The van der Waals surface area contributed by atoms with Crippen molar-refractivity contribution in [2.75, 3.05) is 18.5 Å².